The molecule has 1 N–H and O–H groups in total. The minimum Gasteiger partial charge on any atom is -0.456 e. The normalized spacial score (nSPS) is 26.2. The Balaban J connectivity index is 0.963. The summed E-state index contributed by atoms with van der Waals surface area (Å²) in [5, 5.41) is 11.7. The predicted octanol–water partition coefficient (Wildman–Crippen LogP) is 11.5. The molecule has 0 aromatic heterocycles. The maximum absolute atomic E-state index is 15.2. The highest BCUT2D eigenvalue weighted by Crippen LogP contribution is 2.40. The van der Waals surface area contributed by atoms with Crippen molar-refractivity contribution in [3.8, 4) is 0 Å². The van der Waals surface area contributed by atoms with Gasteiger partial charge in [-0.3, -0.25) is 19.2 Å². The highest BCUT2D eigenvalue weighted by Gasteiger charge is 2.59. The molecule has 0 amide bonds. The van der Waals surface area contributed by atoms with Gasteiger partial charge in [-0.05, 0) is 69.8 Å². The van der Waals surface area contributed by atoms with E-state index in [9.17, 15) is 29.1 Å². The van der Waals surface area contributed by atoms with E-state index >= 15 is 9.59 Å². The summed E-state index contributed by atoms with van der Waals surface area (Å²) in [7, 11) is 0. The topological polar surface area (TPSA) is 324 Å². The van der Waals surface area contributed by atoms with E-state index < -0.39 is 178 Å². The number of esters is 7. The first-order valence-corrected chi connectivity index (χ1v) is 40.5. The van der Waals surface area contributed by atoms with Crippen LogP contribution in [0.4, 0.5) is 0 Å². The number of ether oxygens (including phenoxy) is 20. The Morgan fingerprint density at radius 1 is 0.244 bits per heavy atom. The summed E-state index contributed by atoms with van der Waals surface area (Å²) in [6.07, 6.45) is -32.5. The molecule has 4 aliphatic rings. The summed E-state index contributed by atoms with van der Waals surface area (Å²) >= 11 is 0. The lowest BCUT2D eigenvalue weighted by Gasteiger charge is -2.50. The average Bonchev–Trinajstić information content (AvgIpc) is 0.770. The van der Waals surface area contributed by atoms with Gasteiger partial charge in [0, 0.05) is 27.7 Å². The van der Waals surface area contributed by atoms with Crippen LogP contribution in [0.3, 0.4) is 0 Å². The van der Waals surface area contributed by atoms with Crippen molar-refractivity contribution in [1.82, 2.24) is 0 Å². The first-order valence-electron chi connectivity index (χ1n) is 40.5. The molecular weight excluding hydrogens is 1590 g/mol. The maximum Gasteiger partial charge on any atom is 0.338 e. The number of aliphatic hydroxyl groups is 1. The lowest BCUT2D eigenvalue weighted by molar-refractivity contribution is -0.384. The summed E-state index contributed by atoms with van der Waals surface area (Å²) < 4.78 is 134. The summed E-state index contributed by atoms with van der Waals surface area (Å²) in [6, 6.07) is 79.7. The van der Waals surface area contributed by atoms with Gasteiger partial charge >= 0.3 is 41.8 Å². The molecule has 0 radical (unpaired) electrons. The van der Waals surface area contributed by atoms with Gasteiger partial charge in [-0.2, -0.15) is 0 Å². The standard InChI is InChI=1S/C95H98O28/c1-60(96)112-79-75(116-92(103)85(114-62(3)98)83(79)113-61(2)97)58-110-94-88(122-91(102)72-48-30-13-31-49-72)84(121-90(101)71-46-28-12-29-47-71)80(120-89(100)70-44-26-11-27-45-70)76(118-94)59-111-93-86(81(108-54-68-40-22-9-23-41-68)77(106-52-66-36-18-7-19-37-66)73(117-93)56-104-50-64-32-14-5-15-33-64)123-95-87(115-63(4)99)82(109-55-69-42-24-10-25-43-69)78(107-53-67-38-20-8-21-39-67)74(119-95)57-105-51-65-34-16-6-17-35-65/h5-49,73-88,92-95,103H,50-59H2,1-4H3/t73-,74-,75+,76+,77-,78-,79-,80+,81-,82-,83+,84+,85+,86-,87-,88?,92+,93+,94-,95-/m0/s1. The molecule has 20 atom stereocenters. The van der Waals surface area contributed by atoms with E-state index in [1.165, 1.54) is 43.3 Å². The SMILES string of the molecule is CC(=O)O[C@H]1[C@@H](OC(C)=O)[C@H](O)O[C@H](CO[C@H]2O[C@H](CO[C@@H]3O[C@@H](COCc4ccccc4)[C@H](OCc4ccccc4)[C@H](OCc4ccccc4)[C@@H]3O[C@@H]3O[C@@H](COCc4ccccc4)[C@H](OCc4ccccc4)[C@H](OCc4ccccc4)[C@@H]3OC(C)=O)[C@@H](OC(=O)c3ccccc3)[C@@H](OC(=O)c3ccccc3)C2OC(=O)c2ccccc2)[C@@H]1OC(C)=O. The molecule has 0 aliphatic carbocycles. The van der Waals surface area contributed by atoms with E-state index in [4.69, 9.17) is 94.7 Å². The van der Waals surface area contributed by atoms with Crippen LogP contribution in [0.5, 0.6) is 0 Å². The third-order valence-electron chi connectivity index (χ3n) is 20.4. The molecule has 28 heteroatoms. The van der Waals surface area contributed by atoms with Gasteiger partial charge in [0.05, 0.1) is 82.8 Å². The largest absolute Gasteiger partial charge is 0.456 e. The number of carbonyl (C=O) groups is 7. The predicted molar refractivity (Wildman–Crippen MR) is 435 cm³/mol. The summed E-state index contributed by atoms with van der Waals surface area (Å²) in [5.41, 5.74) is 4.62. The zero-order valence-electron chi connectivity index (χ0n) is 68.1. The number of carbonyl (C=O) groups excluding carboxylic acids is 7. The van der Waals surface area contributed by atoms with E-state index in [-0.39, 0.29) is 69.5 Å². The van der Waals surface area contributed by atoms with Gasteiger partial charge < -0.3 is 99.8 Å². The lowest BCUT2D eigenvalue weighted by atomic mass is 9.95. The molecule has 4 fully saturated rings. The Bertz CT molecular complexity index is 4760. The molecule has 28 nitrogen and oxygen atoms in total. The zero-order valence-corrected chi connectivity index (χ0v) is 68.1. The second-order valence-corrected chi connectivity index (χ2v) is 29.5. The molecule has 0 spiro atoms. The van der Waals surface area contributed by atoms with E-state index in [1.54, 1.807) is 54.6 Å². The minimum absolute atomic E-state index is 0.000124. The van der Waals surface area contributed by atoms with Gasteiger partial charge in [0.2, 0.25) is 0 Å². The Kier molecular flexibility index (Phi) is 32.9. The molecule has 646 valence electrons. The van der Waals surface area contributed by atoms with Crippen LogP contribution in [0.15, 0.2) is 273 Å². The van der Waals surface area contributed by atoms with Crippen molar-refractivity contribution in [3.05, 3.63) is 323 Å². The Morgan fingerprint density at radius 3 is 0.870 bits per heavy atom. The molecule has 9 aromatic carbocycles. The molecule has 9 aromatic rings. The highest BCUT2D eigenvalue weighted by molar-refractivity contribution is 5.91. The maximum atomic E-state index is 15.2. The van der Waals surface area contributed by atoms with Gasteiger partial charge in [-0.15, -0.1) is 0 Å². The molecule has 13 rings (SSSR count). The molecule has 123 heavy (non-hydrogen) atoms. The van der Waals surface area contributed by atoms with E-state index in [2.05, 4.69) is 0 Å². The number of hydrogen-bond donors (Lipinski definition) is 1. The van der Waals surface area contributed by atoms with E-state index in [0.29, 0.717) is 5.56 Å². The highest BCUT2D eigenvalue weighted by atomic mass is 16.8. The van der Waals surface area contributed by atoms with Crippen LogP contribution in [0, 0.1) is 0 Å². The van der Waals surface area contributed by atoms with Gasteiger partial charge in [-0.1, -0.05) is 237 Å². The second-order valence-electron chi connectivity index (χ2n) is 29.5. The quantitative estimate of drug-likeness (QED) is 0.0277. The fraction of sp³-hybridized carbons (Fsp3) is 0.358. The van der Waals surface area contributed by atoms with Gasteiger partial charge in [-0.25, -0.2) is 14.4 Å². The van der Waals surface area contributed by atoms with Gasteiger partial charge in [0.15, 0.2) is 67.9 Å². The van der Waals surface area contributed by atoms with E-state index in [1.807, 2.05) is 182 Å². The molecule has 0 saturated carbocycles. The van der Waals surface area contributed by atoms with Crippen LogP contribution >= 0.6 is 0 Å². The van der Waals surface area contributed by atoms with E-state index in [0.717, 1.165) is 48.6 Å². The first-order chi connectivity index (χ1) is 59.9. The van der Waals surface area contributed by atoms with Crippen LogP contribution in [-0.4, -0.2) is 196 Å². The fourth-order valence-electron chi connectivity index (χ4n) is 14.7. The number of benzene rings is 9. The average molecular weight is 1690 g/mol. The third-order valence-corrected chi connectivity index (χ3v) is 20.4. The minimum atomic E-state index is -2.09. The van der Waals surface area contributed by atoms with Crippen LogP contribution in [-0.2, 0) is 154 Å². The molecular formula is C95H98O28. The Labute approximate surface area is 711 Å². The summed E-state index contributed by atoms with van der Waals surface area (Å²) in [6.45, 7) is 2.36. The van der Waals surface area contributed by atoms with Crippen molar-refractivity contribution in [2.75, 3.05) is 26.4 Å². The Hall–Kier alpha value is -11.3. The molecule has 4 heterocycles. The molecule has 0 bridgehead atoms. The van der Waals surface area contributed by atoms with Crippen LogP contribution in [0.2, 0.25) is 0 Å². The third kappa shape index (κ3) is 25.5. The second kappa shape index (κ2) is 45.2. The fourth-order valence-corrected chi connectivity index (χ4v) is 14.7. The number of aliphatic hydroxyl groups excluding tert-OH is 1. The molecule has 4 aliphatic heterocycles. The summed E-state index contributed by atoms with van der Waals surface area (Å²) in [5.74, 6) is -6.66. The van der Waals surface area contributed by atoms with Crippen molar-refractivity contribution in [2.24, 2.45) is 0 Å². The van der Waals surface area contributed by atoms with Gasteiger partial charge in [0.1, 0.15) is 54.9 Å². The van der Waals surface area contributed by atoms with Crippen LogP contribution in [0.1, 0.15) is 92.1 Å². The summed E-state index contributed by atoms with van der Waals surface area (Å²) in [4.78, 5) is 98.2. The van der Waals surface area contributed by atoms with Crippen molar-refractivity contribution < 1.29 is 133 Å². The number of rotatable bonds is 38. The zero-order chi connectivity index (χ0) is 85.8. The van der Waals surface area contributed by atoms with Crippen LogP contribution < -0.4 is 0 Å². The van der Waals surface area contributed by atoms with Gasteiger partial charge in [0.25, 0.3) is 0 Å². The van der Waals surface area contributed by atoms with Crippen molar-refractivity contribution in [2.45, 2.75) is 190 Å². The van der Waals surface area contributed by atoms with Crippen LogP contribution in [0.25, 0.3) is 0 Å². The smallest absolute Gasteiger partial charge is 0.338 e. The number of hydrogen-bond acceptors (Lipinski definition) is 28. The lowest BCUT2D eigenvalue weighted by Crippen LogP contribution is -2.67. The first kappa shape index (κ1) is 89.5. The molecule has 4 saturated heterocycles. The monoisotopic (exact) mass is 1690 g/mol. The van der Waals surface area contributed by atoms with Crippen molar-refractivity contribution in [1.29, 1.82) is 0 Å². The van der Waals surface area contributed by atoms with Crippen molar-refractivity contribution in [3.63, 3.8) is 0 Å². The molecule has 1 unspecified atom stereocenters. The van der Waals surface area contributed by atoms with Crippen molar-refractivity contribution >= 4 is 41.8 Å². The Morgan fingerprint density at radius 2 is 0.496 bits per heavy atom.